The number of nitrogens with one attached hydrogen (secondary N) is 2. The van der Waals surface area contributed by atoms with E-state index in [9.17, 15) is 9.59 Å². The standard InChI is InChI=1S/C22H33N3O2/c26-21(13-14-22(27)24-19-9-3-1-4-10-19)23-16-18-8-7-15-25(17-18)20-11-5-2-6-12-20/h1,3-4,9-10,18,20H,2,5-8,11-17H2,(H,23,26)(H,24,27)/t18-/m0/s1. The van der Waals surface area contributed by atoms with Gasteiger partial charge in [-0.3, -0.25) is 9.59 Å². The Kier molecular flexibility index (Phi) is 7.69. The molecule has 148 valence electrons. The van der Waals surface area contributed by atoms with Crippen molar-refractivity contribution in [3.05, 3.63) is 30.3 Å². The third kappa shape index (κ3) is 6.65. The Hall–Kier alpha value is -1.88. The number of para-hydroxylation sites is 1. The number of anilines is 1. The quantitative estimate of drug-likeness (QED) is 0.770. The second-order valence-electron chi connectivity index (χ2n) is 8.01. The smallest absolute Gasteiger partial charge is 0.224 e. The second-order valence-corrected chi connectivity index (χ2v) is 8.01. The molecule has 0 aromatic heterocycles. The lowest BCUT2D eigenvalue weighted by Crippen LogP contribution is -2.46. The first-order valence-electron chi connectivity index (χ1n) is 10.6. The molecule has 5 nitrogen and oxygen atoms in total. The maximum absolute atomic E-state index is 12.1. The van der Waals surface area contributed by atoms with Crippen LogP contribution >= 0.6 is 0 Å². The van der Waals surface area contributed by atoms with Gasteiger partial charge in [0.05, 0.1) is 0 Å². The van der Waals surface area contributed by atoms with Gasteiger partial charge in [-0.15, -0.1) is 0 Å². The van der Waals surface area contributed by atoms with E-state index in [2.05, 4.69) is 15.5 Å². The van der Waals surface area contributed by atoms with Crippen molar-refractivity contribution in [2.24, 2.45) is 5.92 Å². The molecular formula is C22H33N3O2. The van der Waals surface area contributed by atoms with Gasteiger partial charge in [0.1, 0.15) is 0 Å². The van der Waals surface area contributed by atoms with Crippen LogP contribution in [0.25, 0.3) is 0 Å². The number of amides is 2. The van der Waals surface area contributed by atoms with Crippen LogP contribution in [0.3, 0.4) is 0 Å². The van der Waals surface area contributed by atoms with Crippen LogP contribution < -0.4 is 10.6 Å². The zero-order valence-corrected chi connectivity index (χ0v) is 16.3. The van der Waals surface area contributed by atoms with Gasteiger partial charge < -0.3 is 15.5 Å². The average molecular weight is 372 g/mol. The first-order chi connectivity index (χ1) is 13.2. The maximum Gasteiger partial charge on any atom is 0.224 e. The molecule has 1 saturated carbocycles. The van der Waals surface area contributed by atoms with Crippen LogP contribution in [0.2, 0.25) is 0 Å². The molecule has 2 aliphatic rings. The minimum absolute atomic E-state index is 0.0204. The van der Waals surface area contributed by atoms with Crippen LogP contribution in [0.4, 0.5) is 5.69 Å². The van der Waals surface area contributed by atoms with E-state index in [0.717, 1.165) is 24.8 Å². The lowest BCUT2D eigenvalue weighted by molar-refractivity contribution is -0.124. The Morgan fingerprint density at radius 3 is 2.44 bits per heavy atom. The van der Waals surface area contributed by atoms with Gasteiger partial charge in [-0.2, -0.15) is 0 Å². The number of rotatable bonds is 7. The molecule has 1 atom stereocenters. The van der Waals surface area contributed by atoms with Crippen LogP contribution in [-0.2, 0) is 9.59 Å². The van der Waals surface area contributed by atoms with Crippen LogP contribution in [0.5, 0.6) is 0 Å². The van der Waals surface area contributed by atoms with Gasteiger partial charge in [-0.1, -0.05) is 37.5 Å². The molecular weight excluding hydrogens is 338 g/mol. The molecule has 2 amide bonds. The fraction of sp³-hybridized carbons (Fsp3) is 0.636. The first kappa shape index (κ1) is 19.9. The SMILES string of the molecule is O=C(CCC(=O)Nc1ccccc1)NC[C@@H]1CCCN(C2CCCCC2)C1. The molecule has 1 heterocycles. The minimum atomic E-state index is -0.113. The van der Waals surface area contributed by atoms with Crippen LogP contribution in [-0.4, -0.2) is 42.4 Å². The summed E-state index contributed by atoms with van der Waals surface area (Å²) < 4.78 is 0. The molecule has 2 fully saturated rings. The van der Waals surface area contributed by atoms with Gasteiger partial charge in [-0.05, 0) is 50.3 Å². The molecule has 0 radical (unpaired) electrons. The van der Waals surface area contributed by atoms with E-state index in [0.29, 0.717) is 5.92 Å². The fourth-order valence-corrected chi connectivity index (χ4v) is 4.36. The van der Waals surface area contributed by atoms with Crippen molar-refractivity contribution in [3.63, 3.8) is 0 Å². The topological polar surface area (TPSA) is 61.4 Å². The number of piperidine rings is 1. The Labute approximate surface area is 162 Å². The maximum atomic E-state index is 12.1. The van der Waals surface area contributed by atoms with E-state index >= 15 is 0 Å². The molecule has 3 rings (SSSR count). The summed E-state index contributed by atoms with van der Waals surface area (Å²) in [5.41, 5.74) is 0.771. The number of carbonyl (C=O) groups is 2. The molecule has 1 aliphatic carbocycles. The summed E-state index contributed by atoms with van der Waals surface area (Å²) in [7, 11) is 0. The van der Waals surface area contributed by atoms with Crippen molar-refractivity contribution in [1.82, 2.24) is 10.2 Å². The predicted octanol–water partition coefficient (Wildman–Crippen LogP) is 3.57. The molecule has 27 heavy (non-hydrogen) atoms. The molecule has 1 saturated heterocycles. The third-order valence-electron chi connectivity index (χ3n) is 5.87. The van der Waals surface area contributed by atoms with E-state index in [1.54, 1.807) is 0 Å². The predicted molar refractivity (Wildman–Crippen MR) is 108 cm³/mol. The second kappa shape index (κ2) is 10.5. The van der Waals surface area contributed by atoms with Gasteiger partial charge in [-0.25, -0.2) is 0 Å². The summed E-state index contributed by atoms with van der Waals surface area (Å²) in [6.07, 6.45) is 9.71. The fourth-order valence-electron chi connectivity index (χ4n) is 4.36. The zero-order valence-electron chi connectivity index (χ0n) is 16.3. The van der Waals surface area contributed by atoms with Gasteiger partial charge in [0.15, 0.2) is 0 Å². The van der Waals surface area contributed by atoms with Gasteiger partial charge in [0, 0.05) is 37.7 Å². The molecule has 0 spiro atoms. The summed E-state index contributed by atoms with van der Waals surface area (Å²) in [6, 6.07) is 10.1. The Morgan fingerprint density at radius 1 is 0.926 bits per heavy atom. The van der Waals surface area contributed by atoms with Gasteiger partial charge >= 0.3 is 0 Å². The lowest BCUT2D eigenvalue weighted by atomic mass is 9.90. The van der Waals surface area contributed by atoms with E-state index in [4.69, 9.17) is 0 Å². The zero-order chi connectivity index (χ0) is 18.9. The Morgan fingerprint density at radius 2 is 1.67 bits per heavy atom. The number of benzene rings is 1. The third-order valence-corrected chi connectivity index (χ3v) is 5.87. The molecule has 1 aromatic carbocycles. The summed E-state index contributed by atoms with van der Waals surface area (Å²) in [5.74, 6) is 0.410. The number of hydrogen-bond acceptors (Lipinski definition) is 3. The van der Waals surface area contributed by atoms with E-state index in [1.807, 2.05) is 30.3 Å². The van der Waals surface area contributed by atoms with Crippen molar-refractivity contribution >= 4 is 17.5 Å². The molecule has 1 aliphatic heterocycles. The lowest BCUT2D eigenvalue weighted by Gasteiger charge is -2.40. The van der Waals surface area contributed by atoms with Crippen molar-refractivity contribution in [2.75, 3.05) is 25.0 Å². The Balaban J connectivity index is 1.33. The highest BCUT2D eigenvalue weighted by Crippen LogP contribution is 2.26. The van der Waals surface area contributed by atoms with Gasteiger partial charge in [0.25, 0.3) is 0 Å². The van der Waals surface area contributed by atoms with E-state index < -0.39 is 0 Å². The van der Waals surface area contributed by atoms with Crippen LogP contribution in [0, 0.1) is 5.92 Å². The minimum Gasteiger partial charge on any atom is -0.356 e. The highest BCUT2D eigenvalue weighted by atomic mass is 16.2. The van der Waals surface area contributed by atoms with Crippen LogP contribution in [0.15, 0.2) is 30.3 Å². The summed E-state index contributed by atoms with van der Waals surface area (Å²) in [6.45, 7) is 3.07. The molecule has 2 N–H and O–H groups in total. The van der Waals surface area contributed by atoms with Crippen molar-refractivity contribution in [1.29, 1.82) is 0 Å². The highest BCUT2D eigenvalue weighted by molar-refractivity contribution is 5.93. The van der Waals surface area contributed by atoms with Crippen molar-refractivity contribution < 1.29 is 9.59 Å². The average Bonchev–Trinajstić information content (AvgIpc) is 2.72. The number of likely N-dealkylation sites (tertiary alicyclic amines) is 1. The summed E-state index contributed by atoms with van der Waals surface area (Å²) in [4.78, 5) is 26.7. The summed E-state index contributed by atoms with van der Waals surface area (Å²) >= 11 is 0. The first-order valence-corrected chi connectivity index (χ1v) is 10.6. The van der Waals surface area contributed by atoms with Crippen molar-refractivity contribution in [3.8, 4) is 0 Å². The largest absolute Gasteiger partial charge is 0.356 e. The monoisotopic (exact) mass is 371 g/mol. The molecule has 0 unspecified atom stereocenters. The van der Waals surface area contributed by atoms with Crippen molar-refractivity contribution in [2.45, 2.75) is 63.8 Å². The highest BCUT2D eigenvalue weighted by Gasteiger charge is 2.27. The molecule has 0 bridgehead atoms. The van der Waals surface area contributed by atoms with E-state index in [-0.39, 0.29) is 24.7 Å². The molecule has 1 aromatic rings. The Bertz CT molecular complexity index is 599. The van der Waals surface area contributed by atoms with E-state index in [1.165, 1.54) is 51.5 Å². The summed E-state index contributed by atoms with van der Waals surface area (Å²) in [5, 5.41) is 5.87. The van der Waals surface area contributed by atoms with Gasteiger partial charge in [0.2, 0.25) is 11.8 Å². The number of carbonyl (C=O) groups excluding carboxylic acids is 2. The number of hydrogen-bond donors (Lipinski definition) is 2. The van der Waals surface area contributed by atoms with Crippen LogP contribution in [0.1, 0.15) is 57.8 Å². The normalized spacial score (nSPS) is 21.6. The molecule has 5 heteroatoms. The number of nitrogens with zero attached hydrogens (tertiary/aromatic N) is 1.